The normalized spacial score (nSPS) is 28.4. The molecule has 2 N–H and O–H groups in total. The number of ether oxygens (including phenoxy) is 1. The van der Waals surface area contributed by atoms with Crippen LogP contribution in [0.4, 0.5) is 4.39 Å². The summed E-state index contributed by atoms with van der Waals surface area (Å²) in [6.45, 7) is 2.84. The third-order valence-electron chi connectivity index (χ3n) is 4.38. The zero-order valence-electron chi connectivity index (χ0n) is 11.4. The van der Waals surface area contributed by atoms with E-state index in [4.69, 9.17) is 10.5 Å². The van der Waals surface area contributed by atoms with Gasteiger partial charge in [-0.05, 0) is 53.4 Å². The second kappa shape index (κ2) is 6.10. The Morgan fingerprint density at radius 2 is 2.35 bits per heavy atom. The summed E-state index contributed by atoms with van der Waals surface area (Å²) in [4.78, 5) is 2.48. The van der Waals surface area contributed by atoms with E-state index >= 15 is 0 Å². The van der Waals surface area contributed by atoms with E-state index in [-0.39, 0.29) is 18.0 Å². The fraction of sp³-hybridized carbons (Fsp3) is 0.600. The standard InChI is InChI=1S/C15H20BrFN2O/c16-15-10(3-1-5-12(15)17)7-13(18)14-8-19-6-2-4-11(19)9-20-14/h1,3,5,11,13-14H,2,4,6-9,18H2. The number of benzene rings is 1. The van der Waals surface area contributed by atoms with Crippen LogP contribution < -0.4 is 5.73 Å². The Labute approximate surface area is 127 Å². The van der Waals surface area contributed by atoms with Gasteiger partial charge >= 0.3 is 0 Å². The number of hydrogen-bond acceptors (Lipinski definition) is 3. The van der Waals surface area contributed by atoms with Crippen LogP contribution in [0.2, 0.25) is 0 Å². The molecular formula is C15H20BrFN2O. The number of hydrogen-bond donors (Lipinski definition) is 1. The topological polar surface area (TPSA) is 38.5 Å². The zero-order valence-corrected chi connectivity index (χ0v) is 13.0. The molecule has 110 valence electrons. The monoisotopic (exact) mass is 342 g/mol. The molecule has 20 heavy (non-hydrogen) atoms. The minimum atomic E-state index is -0.237. The van der Waals surface area contributed by atoms with Gasteiger partial charge in [0.2, 0.25) is 0 Å². The molecular weight excluding hydrogens is 323 g/mol. The number of morpholine rings is 1. The minimum absolute atomic E-state index is 0.0412. The second-order valence-electron chi connectivity index (χ2n) is 5.74. The van der Waals surface area contributed by atoms with E-state index in [0.29, 0.717) is 16.9 Å². The van der Waals surface area contributed by atoms with Gasteiger partial charge < -0.3 is 10.5 Å². The summed E-state index contributed by atoms with van der Waals surface area (Å²) in [6.07, 6.45) is 3.16. The summed E-state index contributed by atoms with van der Waals surface area (Å²) in [7, 11) is 0. The lowest BCUT2D eigenvalue weighted by Gasteiger charge is -2.37. The molecule has 3 rings (SSSR count). The largest absolute Gasteiger partial charge is 0.374 e. The van der Waals surface area contributed by atoms with Gasteiger partial charge in [-0.1, -0.05) is 12.1 Å². The maximum Gasteiger partial charge on any atom is 0.137 e. The van der Waals surface area contributed by atoms with Crippen molar-refractivity contribution in [3.05, 3.63) is 34.1 Å². The van der Waals surface area contributed by atoms with E-state index < -0.39 is 0 Å². The van der Waals surface area contributed by atoms with Gasteiger partial charge in [-0.25, -0.2) is 4.39 Å². The molecule has 2 heterocycles. The van der Waals surface area contributed by atoms with Crippen molar-refractivity contribution >= 4 is 15.9 Å². The average Bonchev–Trinajstić information content (AvgIpc) is 2.91. The molecule has 0 spiro atoms. The molecule has 0 aromatic heterocycles. The van der Waals surface area contributed by atoms with Crippen molar-refractivity contribution < 1.29 is 9.13 Å². The van der Waals surface area contributed by atoms with Crippen molar-refractivity contribution in [2.45, 2.75) is 37.5 Å². The van der Waals surface area contributed by atoms with E-state index in [2.05, 4.69) is 20.8 Å². The molecule has 3 nitrogen and oxygen atoms in total. The van der Waals surface area contributed by atoms with Crippen molar-refractivity contribution in [3.8, 4) is 0 Å². The predicted octanol–water partition coefficient (Wildman–Crippen LogP) is 2.32. The van der Waals surface area contributed by atoms with Gasteiger partial charge in [0.05, 0.1) is 17.2 Å². The molecule has 2 saturated heterocycles. The van der Waals surface area contributed by atoms with Crippen LogP contribution in [0, 0.1) is 5.82 Å². The molecule has 3 unspecified atom stereocenters. The van der Waals surface area contributed by atoms with Gasteiger partial charge in [-0.15, -0.1) is 0 Å². The lowest BCUT2D eigenvalue weighted by atomic mass is 10.00. The Morgan fingerprint density at radius 3 is 3.20 bits per heavy atom. The SMILES string of the molecule is NC(Cc1cccc(F)c1Br)C1CN2CCCC2CO1. The van der Waals surface area contributed by atoms with E-state index in [1.807, 2.05) is 6.07 Å². The predicted molar refractivity (Wildman–Crippen MR) is 80.1 cm³/mol. The molecule has 3 atom stereocenters. The van der Waals surface area contributed by atoms with Crippen LogP contribution in [0.1, 0.15) is 18.4 Å². The quantitative estimate of drug-likeness (QED) is 0.916. The van der Waals surface area contributed by atoms with Gasteiger partial charge in [0.1, 0.15) is 5.82 Å². The fourth-order valence-electron chi connectivity index (χ4n) is 3.19. The second-order valence-corrected chi connectivity index (χ2v) is 6.54. The minimum Gasteiger partial charge on any atom is -0.374 e. The van der Waals surface area contributed by atoms with Crippen molar-refractivity contribution in [2.24, 2.45) is 5.73 Å². The van der Waals surface area contributed by atoms with Crippen LogP contribution in [0.3, 0.4) is 0 Å². The summed E-state index contributed by atoms with van der Waals surface area (Å²) in [5, 5.41) is 0. The maximum absolute atomic E-state index is 13.5. The smallest absolute Gasteiger partial charge is 0.137 e. The number of rotatable bonds is 3. The molecule has 0 radical (unpaired) electrons. The summed E-state index contributed by atoms with van der Waals surface area (Å²) < 4.78 is 20.0. The van der Waals surface area contributed by atoms with Crippen LogP contribution >= 0.6 is 15.9 Å². The first-order chi connectivity index (χ1) is 9.65. The molecule has 5 heteroatoms. The zero-order chi connectivity index (χ0) is 14.1. The van der Waals surface area contributed by atoms with E-state index in [9.17, 15) is 4.39 Å². The van der Waals surface area contributed by atoms with Gasteiger partial charge in [-0.2, -0.15) is 0 Å². The highest BCUT2D eigenvalue weighted by Gasteiger charge is 2.34. The molecule has 0 amide bonds. The van der Waals surface area contributed by atoms with Gasteiger partial charge in [0, 0.05) is 18.6 Å². The lowest BCUT2D eigenvalue weighted by Crippen LogP contribution is -2.53. The van der Waals surface area contributed by atoms with Gasteiger partial charge in [0.25, 0.3) is 0 Å². The third-order valence-corrected chi connectivity index (χ3v) is 5.27. The average molecular weight is 343 g/mol. The van der Waals surface area contributed by atoms with E-state index in [1.165, 1.54) is 18.9 Å². The first-order valence-corrected chi connectivity index (χ1v) is 7.98. The van der Waals surface area contributed by atoms with Gasteiger partial charge in [0.15, 0.2) is 0 Å². The highest BCUT2D eigenvalue weighted by atomic mass is 79.9. The van der Waals surface area contributed by atoms with Crippen molar-refractivity contribution in [1.82, 2.24) is 4.90 Å². The summed E-state index contributed by atoms with van der Waals surface area (Å²) in [5.74, 6) is -0.237. The summed E-state index contributed by atoms with van der Waals surface area (Å²) in [5.41, 5.74) is 7.19. The van der Waals surface area contributed by atoms with Crippen molar-refractivity contribution in [3.63, 3.8) is 0 Å². The number of halogens is 2. The highest BCUT2D eigenvalue weighted by Crippen LogP contribution is 2.26. The van der Waals surface area contributed by atoms with Crippen molar-refractivity contribution in [1.29, 1.82) is 0 Å². The van der Waals surface area contributed by atoms with Crippen molar-refractivity contribution in [2.75, 3.05) is 19.7 Å². The van der Waals surface area contributed by atoms with Crippen LogP contribution in [-0.4, -0.2) is 42.8 Å². The Morgan fingerprint density at radius 1 is 1.50 bits per heavy atom. The Kier molecular flexibility index (Phi) is 4.40. The van der Waals surface area contributed by atoms with E-state index in [1.54, 1.807) is 6.07 Å². The molecule has 0 bridgehead atoms. The summed E-state index contributed by atoms with van der Waals surface area (Å²) >= 11 is 3.30. The molecule has 1 aromatic carbocycles. The van der Waals surface area contributed by atoms with Gasteiger partial charge in [-0.3, -0.25) is 4.90 Å². The molecule has 1 aromatic rings. The number of fused-ring (bicyclic) bond motifs is 1. The molecule has 2 aliphatic rings. The first kappa shape index (κ1) is 14.4. The first-order valence-electron chi connectivity index (χ1n) is 7.19. The summed E-state index contributed by atoms with van der Waals surface area (Å²) in [6, 6.07) is 5.56. The third kappa shape index (κ3) is 2.91. The Bertz CT molecular complexity index is 485. The molecule has 2 aliphatic heterocycles. The molecule has 0 saturated carbocycles. The van der Waals surface area contributed by atoms with Crippen LogP contribution in [0.5, 0.6) is 0 Å². The molecule has 2 fully saturated rings. The Hall–Kier alpha value is -0.490. The lowest BCUT2D eigenvalue weighted by molar-refractivity contribution is -0.0589. The van der Waals surface area contributed by atoms with Crippen LogP contribution in [0.25, 0.3) is 0 Å². The molecule has 0 aliphatic carbocycles. The van der Waals surface area contributed by atoms with E-state index in [0.717, 1.165) is 25.3 Å². The number of nitrogens with zero attached hydrogens (tertiary/aromatic N) is 1. The number of nitrogens with two attached hydrogens (primary N) is 1. The van der Waals surface area contributed by atoms with Crippen LogP contribution in [-0.2, 0) is 11.2 Å². The maximum atomic E-state index is 13.5. The van der Waals surface area contributed by atoms with Crippen LogP contribution in [0.15, 0.2) is 22.7 Å². The Balaban J connectivity index is 1.64. The fourth-order valence-corrected chi connectivity index (χ4v) is 3.62. The highest BCUT2D eigenvalue weighted by molar-refractivity contribution is 9.10.